The van der Waals surface area contributed by atoms with E-state index in [9.17, 15) is 19.2 Å². The second-order valence-corrected chi connectivity index (χ2v) is 11.6. The van der Waals surface area contributed by atoms with Crippen LogP contribution in [0.5, 0.6) is 17.2 Å². The summed E-state index contributed by atoms with van der Waals surface area (Å²) in [6.07, 6.45) is 6.92. The summed E-state index contributed by atoms with van der Waals surface area (Å²) in [5, 5.41) is 0. The third-order valence-electron chi connectivity index (χ3n) is 7.42. The fraction of sp³-hybridized carbons (Fsp3) is 0.385. The molecular formula is C39H46O9. The van der Waals surface area contributed by atoms with Crippen LogP contribution in [-0.2, 0) is 19.1 Å². The molecule has 3 aromatic rings. The Morgan fingerprint density at radius 3 is 1.69 bits per heavy atom. The molecule has 256 valence electrons. The van der Waals surface area contributed by atoms with Crippen LogP contribution in [0.15, 0.2) is 84.9 Å². The maximum absolute atomic E-state index is 12.7. The quantitative estimate of drug-likeness (QED) is 0.0511. The highest BCUT2D eigenvalue weighted by molar-refractivity contribution is 5.92. The summed E-state index contributed by atoms with van der Waals surface area (Å²) >= 11 is 0. The first-order valence-electron chi connectivity index (χ1n) is 16.5. The van der Waals surface area contributed by atoms with Crippen molar-refractivity contribution < 1.29 is 42.9 Å². The van der Waals surface area contributed by atoms with Crippen molar-refractivity contribution in [2.45, 2.75) is 84.7 Å². The largest absolute Gasteiger partial charge is 0.490 e. The van der Waals surface area contributed by atoms with Crippen molar-refractivity contribution in [2.75, 3.05) is 13.2 Å². The Hall–Kier alpha value is -4.92. The second kappa shape index (κ2) is 20.3. The third kappa shape index (κ3) is 13.8. The smallest absolute Gasteiger partial charge is 0.343 e. The third-order valence-corrected chi connectivity index (χ3v) is 7.42. The minimum Gasteiger partial charge on any atom is -0.490 e. The highest BCUT2D eigenvalue weighted by atomic mass is 16.5. The monoisotopic (exact) mass is 658 g/mol. The molecule has 0 aromatic heterocycles. The molecule has 0 radical (unpaired) electrons. The van der Waals surface area contributed by atoms with Crippen molar-refractivity contribution in [3.8, 4) is 17.2 Å². The van der Waals surface area contributed by atoms with Crippen LogP contribution in [0, 0.1) is 6.92 Å². The highest BCUT2D eigenvalue weighted by Gasteiger charge is 2.13. The molecule has 9 nitrogen and oxygen atoms in total. The minimum atomic E-state index is -0.514. The molecule has 0 heterocycles. The maximum Gasteiger partial charge on any atom is 0.343 e. The molecule has 3 rings (SSSR count). The van der Waals surface area contributed by atoms with Crippen LogP contribution < -0.4 is 14.2 Å². The van der Waals surface area contributed by atoms with Crippen molar-refractivity contribution in [1.82, 2.24) is 0 Å². The van der Waals surface area contributed by atoms with Crippen LogP contribution in [0.2, 0.25) is 0 Å². The van der Waals surface area contributed by atoms with Gasteiger partial charge >= 0.3 is 23.9 Å². The average Bonchev–Trinajstić information content (AvgIpc) is 3.08. The SMILES string of the molecule is C=C(C)C(=O)OCCCCCC(=O)OCCCCCC(CC)Oc1ccc(C(=O)Oc2ccc(OC(=O)c3ccc(C)cc3)cc2)cc1. The first kappa shape index (κ1) is 37.5. The Kier molecular flexibility index (Phi) is 15.9. The van der Waals surface area contributed by atoms with Crippen LogP contribution in [-0.4, -0.2) is 43.2 Å². The van der Waals surface area contributed by atoms with E-state index >= 15 is 0 Å². The van der Waals surface area contributed by atoms with Gasteiger partial charge < -0.3 is 23.7 Å². The first-order chi connectivity index (χ1) is 23.1. The van der Waals surface area contributed by atoms with Gasteiger partial charge in [-0.05, 0) is 126 Å². The van der Waals surface area contributed by atoms with E-state index < -0.39 is 11.9 Å². The summed E-state index contributed by atoms with van der Waals surface area (Å²) in [4.78, 5) is 48.3. The fourth-order valence-corrected chi connectivity index (χ4v) is 4.55. The fourth-order valence-electron chi connectivity index (χ4n) is 4.55. The number of hydrogen-bond acceptors (Lipinski definition) is 9. The molecule has 0 bridgehead atoms. The predicted octanol–water partition coefficient (Wildman–Crippen LogP) is 8.37. The molecule has 1 atom stereocenters. The number of rotatable bonds is 20. The number of unbranched alkanes of at least 4 members (excludes halogenated alkanes) is 4. The van der Waals surface area contributed by atoms with Crippen LogP contribution in [0.1, 0.15) is 97.9 Å². The van der Waals surface area contributed by atoms with Gasteiger partial charge in [-0.15, -0.1) is 0 Å². The molecule has 0 amide bonds. The van der Waals surface area contributed by atoms with Crippen molar-refractivity contribution in [2.24, 2.45) is 0 Å². The van der Waals surface area contributed by atoms with Crippen LogP contribution >= 0.6 is 0 Å². The van der Waals surface area contributed by atoms with E-state index in [4.69, 9.17) is 23.7 Å². The zero-order chi connectivity index (χ0) is 34.7. The van der Waals surface area contributed by atoms with Crippen LogP contribution in [0.25, 0.3) is 0 Å². The van der Waals surface area contributed by atoms with E-state index in [0.717, 1.165) is 44.1 Å². The molecule has 48 heavy (non-hydrogen) atoms. The lowest BCUT2D eigenvalue weighted by molar-refractivity contribution is -0.144. The topological polar surface area (TPSA) is 114 Å². The van der Waals surface area contributed by atoms with Gasteiger partial charge in [0.1, 0.15) is 17.2 Å². The van der Waals surface area contributed by atoms with Gasteiger partial charge in [-0.2, -0.15) is 0 Å². The van der Waals surface area contributed by atoms with E-state index in [1.807, 2.05) is 19.1 Å². The van der Waals surface area contributed by atoms with Gasteiger partial charge in [0.15, 0.2) is 0 Å². The minimum absolute atomic E-state index is 0.0265. The summed E-state index contributed by atoms with van der Waals surface area (Å²) in [5.74, 6) is -0.231. The molecule has 0 aliphatic carbocycles. The van der Waals surface area contributed by atoms with Gasteiger partial charge in [-0.3, -0.25) is 4.79 Å². The number of hydrogen-bond donors (Lipinski definition) is 0. The predicted molar refractivity (Wildman–Crippen MR) is 182 cm³/mol. The Morgan fingerprint density at radius 1 is 0.646 bits per heavy atom. The average molecular weight is 659 g/mol. The van der Waals surface area contributed by atoms with Gasteiger partial charge in [-0.1, -0.05) is 31.2 Å². The van der Waals surface area contributed by atoms with Gasteiger partial charge in [0.05, 0.1) is 30.4 Å². The molecular weight excluding hydrogens is 612 g/mol. The van der Waals surface area contributed by atoms with E-state index in [1.54, 1.807) is 67.6 Å². The van der Waals surface area contributed by atoms with E-state index in [2.05, 4.69) is 13.5 Å². The Morgan fingerprint density at radius 2 is 1.15 bits per heavy atom. The van der Waals surface area contributed by atoms with Gasteiger partial charge in [0.2, 0.25) is 0 Å². The highest BCUT2D eigenvalue weighted by Crippen LogP contribution is 2.22. The van der Waals surface area contributed by atoms with Crippen molar-refractivity contribution in [1.29, 1.82) is 0 Å². The van der Waals surface area contributed by atoms with Crippen LogP contribution in [0.4, 0.5) is 0 Å². The number of esters is 4. The molecule has 3 aromatic carbocycles. The van der Waals surface area contributed by atoms with E-state index in [0.29, 0.717) is 66.4 Å². The molecule has 1 unspecified atom stereocenters. The molecule has 0 fully saturated rings. The van der Waals surface area contributed by atoms with Crippen molar-refractivity contribution in [3.05, 3.63) is 102 Å². The number of benzene rings is 3. The molecule has 0 saturated heterocycles. The molecule has 0 spiro atoms. The molecule has 0 saturated carbocycles. The lowest BCUT2D eigenvalue weighted by Crippen LogP contribution is -2.15. The normalized spacial score (nSPS) is 11.2. The second-order valence-electron chi connectivity index (χ2n) is 11.6. The summed E-state index contributed by atoms with van der Waals surface area (Å²) in [5.41, 5.74) is 2.26. The lowest BCUT2D eigenvalue weighted by Gasteiger charge is -2.17. The van der Waals surface area contributed by atoms with E-state index in [1.165, 1.54) is 0 Å². The molecule has 0 aliphatic heterocycles. The maximum atomic E-state index is 12.7. The molecule has 0 N–H and O–H groups in total. The first-order valence-corrected chi connectivity index (χ1v) is 16.5. The van der Waals surface area contributed by atoms with Gasteiger partial charge in [-0.25, -0.2) is 14.4 Å². The van der Waals surface area contributed by atoms with Gasteiger partial charge in [0, 0.05) is 12.0 Å². The van der Waals surface area contributed by atoms with Gasteiger partial charge in [0.25, 0.3) is 0 Å². The molecule has 9 heteroatoms. The van der Waals surface area contributed by atoms with Crippen LogP contribution in [0.3, 0.4) is 0 Å². The number of carbonyl (C=O) groups excluding carboxylic acids is 4. The summed E-state index contributed by atoms with van der Waals surface area (Å²) in [6, 6.07) is 20.2. The zero-order valence-corrected chi connectivity index (χ0v) is 28.2. The van der Waals surface area contributed by atoms with E-state index in [-0.39, 0.29) is 18.0 Å². The Balaban J connectivity index is 1.29. The lowest BCUT2D eigenvalue weighted by atomic mass is 10.1. The standard InChI is InChI=1S/C39H46O9/c1-5-32(12-8-6-10-26-44-36(40)13-9-7-11-27-45-37(41)28(2)3)46-33-20-18-31(19-21-33)39(43)48-35-24-22-34(23-25-35)47-38(42)30-16-14-29(4)15-17-30/h14-25,32H,2,5-13,26-27H2,1,3-4H3. The summed E-state index contributed by atoms with van der Waals surface area (Å²) in [6.45, 7) is 9.88. The summed E-state index contributed by atoms with van der Waals surface area (Å²) < 4.78 is 27.4. The number of aryl methyl sites for hydroxylation is 1. The van der Waals surface area contributed by atoms with Crippen molar-refractivity contribution >= 4 is 23.9 Å². The Bertz CT molecular complexity index is 1480. The zero-order valence-electron chi connectivity index (χ0n) is 28.2. The number of carbonyl (C=O) groups is 4. The van der Waals surface area contributed by atoms with Crippen molar-refractivity contribution in [3.63, 3.8) is 0 Å². The summed E-state index contributed by atoms with van der Waals surface area (Å²) in [7, 11) is 0. The molecule has 0 aliphatic rings. The number of ether oxygens (including phenoxy) is 5. The Labute approximate surface area is 283 Å².